The lowest BCUT2D eigenvalue weighted by molar-refractivity contribution is -0.136. The van der Waals surface area contributed by atoms with Crippen molar-refractivity contribution >= 4 is 47.5 Å². The molecule has 8 rings (SSSR count). The number of carbonyl (C=O) groups is 4. The summed E-state index contributed by atoms with van der Waals surface area (Å²) in [5.41, 5.74) is 3.78. The van der Waals surface area contributed by atoms with Crippen LogP contribution in [0.15, 0.2) is 55.0 Å². The molecule has 0 radical (unpaired) electrons. The van der Waals surface area contributed by atoms with E-state index in [0.29, 0.717) is 54.1 Å². The summed E-state index contributed by atoms with van der Waals surface area (Å²) in [6.45, 7) is 8.76. The van der Waals surface area contributed by atoms with Gasteiger partial charge in [-0.05, 0) is 80.2 Å². The zero-order chi connectivity index (χ0) is 48.8. The molecule has 3 fully saturated rings. The largest absolute Gasteiger partial charge is 0.487 e. The van der Waals surface area contributed by atoms with E-state index >= 15 is 4.39 Å². The van der Waals surface area contributed by atoms with Crippen molar-refractivity contribution in [2.24, 2.45) is 11.8 Å². The number of benzene rings is 2. The maximum Gasteiger partial charge on any atom is 0.407 e. The summed E-state index contributed by atoms with van der Waals surface area (Å²) in [5.74, 6) is 0.806. The van der Waals surface area contributed by atoms with E-state index in [9.17, 15) is 19.2 Å². The van der Waals surface area contributed by atoms with Crippen molar-refractivity contribution in [3.8, 4) is 28.3 Å². The fourth-order valence-corrected chi connectivity index (χ4v) is 10.6. The van der Waals surface area contributed by atoms with Crippen molar-refractivity contribution in [1.29, 1.82) is 0 Å². The Kier molecular flexibility index (Phi) is 15.5. The first-order valence-electron chi connectivity index (χ1n) is 23.9. The number of halogens is 1. The molecule has 4 N–H and O–H groups in total. The van der Waals surface area contributed by atoms with Crippen LogP contribution >= 0.6 is 11.3 Å². The molecular weight excluding hydrogens is 902 g/mol. The van der Waals surface area contributed by atoms with Crippen molar-refractivity contribution in [3.63, 3.8) is 0 Å². The van der Waals surface area contributed by atoms with Gasteiger partial charge >= 0.3 is 12.2 Å². The Hall–Kier alpha value is -6.56. The third-order valence-corrected chi connectivity index (χ3v) is 14.5. The summed E-state index contributed by atoms with van der Waals surface area (Å²) >= 11 is 1.64. The molecule has 3 aromatic heterocycles. The molecule has 69 heavy (non-hydrogen) atoms. The van der Waals surface area contributed by atoms with Gasteiger partial charge in [0.15, 0.2) is 0 Å². The molecule has 0 unspecified atom stereocenters. The van der Waals surface area contributed by atoms with Crippen molar-refractivity contribution in [2.75, 3.05) is 27.3 Å². The van der Waals surface area contributed by atoms with Gasteiger partial charge in [-0.2, -0.15) is 0 Å². The molecule has 0 spiro atoms. The van der Waals surface area contributed by atoms with Crippen LogP contribution in [0, 0.1) is 17.7 Å². The number of amides is 4. The maximum absolute atomic E-state index is 16.6. The maximum atomic E-state index is 16.6. The SMILES string of the molecule is COC(=O)N[C@H](C(=O)N1CCC[C@H]1c1ncc(-c2cccc(/C=C/c3c(F)cc(-c4cnc([C@@H]5CCCN5C(=O)[C@@H](NC(=O)OC)C(C)C)[nH]4)cc3OCc3cnc(C4CCCC4)s3)c2)[nH]1)C(C)C. The van der Waals surface area contributed by atoms with Crippen LogP contribution in [-0.4, -0.2) is 98.1 Å². The number of methoxy groups -OCH3 is 2. The Bertz CT molecular complexity index is 2650. The van der Waals surface area contributed by atoms with Crippen molar-refractivity contribution in [1.82, 2.24) is 45.4 Å². The number of carbonyl (C=O) groups excluding carboxylic acids is 4. The van der Waals surface area contributed by atoms with Gasteiger partial charge in [0.1, 0.15) is 41.9 Å². The molecular formula is C51H62FN9O7S. The Morgan fingerprint density at radius 2 is 1.33 bits per heavy atom. The van der Waals surface area contributed by atoms with E-state index in [1.54, 1.807) is 45.7 Å². The second-order valence-electron chi connectivity index (χ2n) is 18.7. The predicted molar refractivity (Wildman–Crippen MR) is 260 cm³/mol. The summed E-state index contributed by atoms with van der Waals surface area (Å²) in [6, 6.07) is 8.89. The average molecular weight is 964 g/mol. The molecule has 16 nitrogen and oxygen atoms in total. The minimum atomic E-state index is -0.773. The number of alkyl carbamates (subject to hydrolysis) is 2. The van der Waals surface area contributed by atoms with Crippen LogP contribution in [0.25, 0.3) is 34.7 Å². The average Bonchev–Trinajstić information content (AvgIpc) is 4.20. The van der Waals surface area contributed by atoms with E-state index in [2.05, 4.69) is 25.6 Å². The highest BCUT2D eigenvalue weighted by Gasteiger charge is 2.39. The van der Waals surface area contributed by atoms with Crippen LogP contribution in [0.5, 0.6) is 5.75 Å². The number of aromatic nitrogens is 5. The van der Waals surface area contributed by atoms with Gasteiger partial charge in [0.05, 0.1) is 65.5 Å². The van der Waals surface area contributed by atoms with Gasteiger partial charge < -0.3 is 44.6 Å². The third-order valence-electron chi connectivity index (χ3n) is 13.4. The third kappa shape index (κ3) is 11.2. The molecule has 1 saturated carbocycles. The lowest BCUT2D eigenvalue weighted by Crippen LogP contribution is -2.51. The molecule has 366 valence electrons. The van der Waals surface area contributed by atoms with Gasteiger partial charge in [-0.25, -0.2) is 28.9 Å². The van der Waals surface area contributed by atoms with E-state index in [4.69, 9.17) is 24.2 Å². The number of rotatable bonds is 16. The highest BCUT2D eigenvalue weighted by Crippen LogP contribution is 2.39. The molecule has 18 heteroatoms. The lowest BCUT2D eigenvalue weighted by atomic mass is 10.0. The number of nitrogens with one attached hydrogen (secondary N) is 4. The standard InChI is InChI=1S/C51H62FN9O7S/c1-29(2)43(58-50(64)66-5)48(62)60-20-10-16-40(60)45-53-26-38(56-45)33-15-9-12-31(22-33)18-19-36-37(52)23-34(24-42(36)68-28-35-25-55-47(69-35)32-13-7-8-14-32)39-27-54-46(57-39)41-17-11-21-61(41)49(63)44(30(3)4)59-51(65)67-6/h9,12,15,18-19,22-27,29-30,32,40-41,43-44H,7-8,10-11,13-14,16-17,20-21,28H2,1-6H3,(H,53,56)(H,54,57)(H,58,64)(H,59,65)/b19-18+/t40-,41-,43-,44-/m0/s1. The molecule has 4 amide bonds. The molecule has 0 bridgehead atoms. The minimum Gasteiger partial charge on any atom is -0.487 e. The summed E-state index contributed by atoms with van der Waals surface area (Å²) in [5, 5.41) is 6.49. The van der Waals surface area contributed by atoms with Gasteiger partial charge in [-0.1, -0.05) is 64.8 Å². The Balaban J connectivity index is 1.04. The first kappa shape index (κ1) is 48.9. The molecule has 5 aromatic rings. The number of H-pyrrole nitrogens is 2. The van der Waals surface area contributed by atoms with Crippen LogP contribution in [0.1, 0.15) is 130 Å². The van der Waals surface area contributed by atoms with Crippen LogP contribution in [0.3, 0.4) is 0 Å². The smallest absolute Gasteiger partial charge is 0.407 e. The monoisotopic (exact) mass is 963 g/mol. The van der Waals surface area contributed by atoms with Gasteiger partial charge in [0.2, 0.25) is 11.8 Å². The first-order valence-corrected chi connectivity index (χ1v) is 24.7. The van der Waals surface area contributed by atoms with E-state index in [0.717, 1.165) is 58.8 Å². The Morgan fingerprint density at radius 1 is 0.754 bits per heavy atom. The summed E-state index contributed by atoms with van der Waals surface area (Å²) in [7, 11) is 2.54. The fourth-order valence-electron chi connectivity index (χ4n) is 9.61. The number of likely N-dealkylation sites (tertiary alicyclic amines) is 2. The highest BCUT2D eigenvalue weighted by atomic mass is 32.1. The predicted octanol–water partition coefficient (Wildman–Crippen LogP) is 9.56. The first-order chi connectivity index (χ1) is 33.3. The fraction of sp³-hybridized carbons (Fsp3) is 0.471. The van der Waals surface area contributed by atoms with Crippen LogP contribution in [-0.2, 0) is 25.7 Å². The summed E-state index contributed by atoms with van der Waals surface area (Å²) in [6.07, 6.45) is 15.1. The normalized spacial score (nSPS) is 18.3. The van der Waals surface area contributed by atoms with Crippen molar-refractivity contribution in [2.45, 2.75) is 116 Å². The quantitative estimate of drug-likeness (QED) is 0.0692. The topological polar surface area (TPSA) is 197 Å². The molecule has 1 aliphatic carbocycles. The minimum absolute atomic E-state index is 0.149. The molecule has 2 aromatic carbocycles. The Morgan fingerprint density at radius 3 is 1.90 bits per heavy atom. The number of aromatic amines is 2. The second-order valence-corrected chi connectivity index (χ2v) is 19.9. The van der Waals surface area contributed by atoms with Gasteiger partial charge in [0, 0.05) is 36.3 Å². The Labute approximate surface area is 405 Å². The molecule has 5 heterocycles. The van der Waals surface area contributed by atoms with E-state index in [1.807, 2.05) is 64.2 Å². The number of ether oxygens (including phenoxy) is 3. The van der Waals surface area contributed by atoms with Crippen molar-refractivity contribution in [3.05, 3.63) is 93.5 Å². The van der Waals surface area contributed by atoms with Gasteiger partial charge in [0.25, 0.3) is 0 Å². The zero-order valence-corrected chi connectivity index (χ0v) is 40.9. The highest BCUT2D eigenvalue weighted by molar-refractivity contribution is 7.11. The summed E-state index contributed by atoms with van der Waals surface area (Å²) < 4.78 is 32.7. The number of hydrogen-bond acceptors (Lipinski definition) is 11. The number of thiazole rings is 1. The van der Waals surface area contributed by atoms with Gasteiger partial charge in [-0.3, -0.25) is 9.59 Å². The number of nitrogens with zero attached hydrogens (tertiary/aromatic N) is 5. The van der Waals surface area contributed by atoms with Crippen molar-refractivity contribution < 1.29 is 37.8 Å². The molecule has 2 saturated heterocycles. The van der Waals surface area contributed by atoms with Crippen LogP contribution in [0.2, 0.25) is 0 Å². The summed E-state index contributed by atoms with van der Waals surface area (Å²) in [4.78, 5) is 77.1. The number of hydrogen-bond donors (Lipinski definition) is 4. The number of imidazole rings is 2. The van der Waals surface area contributed by atoms with Gasteiger partial charge in [-0.15, -0.1) is 11.3 Å². The molecule has 2 aliphatic heterocycles. The van der Waals surface area contributed by atoms with Crippen LogP contribution in [0.4, 0.5) is 14.0 Å². The van der Waals surface area contributed by atoms with E-state index in [-0.39, 0.29) is 47.9 Å². The van der Waals surface area contributed by atoms with Crippen LogP contribution < -0.4 is 15.4 Å². The zero-order valence-electron chi connectivity index (χ0n) is 40.1. The molecule has 3 aliphatic rings. The molecule has 4 atom stereocenters. The lowest BCUT2D eigenvalue weighted by Gasteiger charge is -2.30. The van der Waals surface area contributed by atoms with E-state index < -0.39 is 30.1 Å². The van der Waals surface area contributed by atoms with E-state index in [1.165, 1.54) is 33.1 Å². The second kappa shape index (κ2) is 21.8.